The summed E-state index contributed by atoms with van der Waals surface area (Å²) in [4.78, 5) is 10.7. The van der Waals surface area contributed by atoms with Gasteiger partial charge in [-0.1, -0.05) is 6.92 Å². The zero-order chi connectivity index (χ0) is 13.8. The van der Waals surface area contributed by atoms with Crippen molar-refractivity contribution in [2.24, 2.45) is 0 Å². The summed E-state index contributed by atoms with van der Waals surface area (Å²) in [7, 11) is 0. The zero-order valence-corrected chi connectivity index (χ0v) is 12.1. The highest BCUT2D eigenvalue weighted by molar-refractivity contribution is 7.18. The van der Waals surface area contributed by atoms with Gasteiger partial charge in [-0.2, -0.15) is 4.98 Å². The Bertz CT molecular complexity index is 553. The van der Waals surface area contributed by atoms with E-state index in [1.54, 1.807) is 18.3 Å². The summed E-state index contributed by atoms with van der Waals surface area (Å²) in [6.45, 7) is 4.69. The van der Waals surface area contributed by atoms with Crippen molar-refractivity contribution in [1.82, 2.24) is 9.97 Å². The van der Waals surface area contributed by atoms with Crippen molar-refractivity contribution in [1.29, 1.82) is 0 Å². The molecule has 0 radical (unpaired) electrons. The largest absolute Gasteiger partial charge is 0.393 e. The number of nitrogens with two attached hydrogens (primary N) is 1. The van der Waals surface area contributed by atoms with E-state index >= 15 is 0 Å². The first kappa shape index (κ1) is 14.0. The predicted molar refractivity (Wildman–Crippen MR) is 80.6 cm³/mol. The number of hydrogen-bond donors (Lipinski definition) is 3. The van der Waals surface area contributed by atoms with E-state index < -0.39 is 0 Å². The maximum absolute atomic E-state index is 9.23. The third kappa shape index (κ3) is 3.54. The number of anilines is 2. The van der Waals surface area contributed by atoms with Crippen LogP contribution in [0.1, 0.15) is 31.6 Å². The lowest BCUT2D eigenvalue weighted by Crippen LogP contribution is -2.08. The number of thiophene rings is 1. The van der Waals surface area contributed by atoms with Crippen molar-refractivity contribution < 1.29 is 5.11 Å². The van der Waals surface area contributed by atoms with Crippen LogP contribution >= 0.6 is 11.3 Å². The molecule has 0 saturated heterocycles. The monoisotopic (exact) mass is 280 g/mol. The highest BCUT2D eigenvalue weighted by atomic mass is 32.1. The number of nitrogens with zero attached hydrogens (tertiary/aromatic N) is 2. The number of aryl methyl sites for hydroxylation is 1. The van der Waals surface area contributed by atoms with Gasteiger partial charge in [-0.3, -0.25) is 0 Å². The minimum atomic E-state index is -0.259. The van der Waals surface area contributed by atoms with Gasteiger partial charge in [0.1, 0.15) is 10.6 Å². The first-order valence-electron chi connectivity index (χ1n) is 6.58. The number of nitrogens with one attached hydrogen (secondary N) is 1. The molecule has 0 aliphatic rings. The highest BCUT2D eigenvalue weighted by Gasteiger charge is 2.09. The number of hydrogen-bond acceptors (Lipinski definition) is 6. The molecule has 0 saturated carbocycles. The van der Waals surface area contributed by atoms with E-state index in [1.165, 1.54) is 4.88 Å². The molecule has 0 aliphatic carbocycles. The van der Waals surface area contributed by atoms with Crippen LogP contribution in [0.4, 0.5) is 11.8 Å². The first-order chi connectivity index (χ1) is 9.10. The molecule has 1 unspecified atom stereocenters. The normalized spacial score (nSPS) is 12.8. The molecule has 2 rings (SSSR count). The number of aliphatic hydroxyl groups is 1. The predicted octanol–water partition coefficient (Wildman–Crippen LogP) is 2.41. The van der Waals surface area contributed by atoms with Crippen LogP contribution in [-0.4, -0.2) is 27.7 Å². The van der Waals surface area contributed by atoms with Crippen molar-refractivity contribution in [3.05, 3.63) is 10.9 Å². The van der Waals surface area contributed by atoms with Crippen LogP contribution in [-0.2, 0) is 6.42 Å². The molecule has 1 atom stereocenters. The molecule has 6 heteroatoms. The fraction of sp³-hybridized carbons (Fsp3) is 0.538. The fourth-order valence-corrected chi connectivity index (χ4v) is 2.88. The molecule has 2 heterocycles. The Balaban J connectivity index is 2.14. The highest BCUT2D eigenvalue weighted by Crippen LogP contribution is 2.29. The molecule has 0 aliphatic heterocycles. The summed E-state index contributed by atoms with van der Waals surface area (Å²) in [5.74, 6) is 1.10. The summed E-state index contributed by atoms with van der Waals surface area (Å²) in [5, 5.41) is 13.5. The van der Waals surface area contributed by atoms with Gasteiger partial charge in [0.25, 0.3) is 0 Å². The van der Waals surface area contributed by atoms with E-state index in [0.717, 1.165) is 41.8 Å². The number of aliphatic hydroxyl groups excluding tert-OH is 1. The molecule has 104 valence electrons. The molecule has 5 nitrogen and oxygen atoms in total. The summed E-state index contributed by atoms with van der Waals surface area (Å²) in [6, 6.07) is 2.12. The Hall–Kier alpha value is -1.40. The van der Waals surface area contributed by atoms with Gasteiger partial charge < -0.3 is 16.2 Å². The van der Waals surface area contributed by atoms with E-state index in [1.807, 2.05) is 0 Å². The van der Waals surface area contributed by atoms with Crippen LogP contribution in [0.2, 0.25) is 0 Å². The maximum atomic E-state index is 9.23. The molecular weight excluding hydrogens is 260 g/mol. The average Bonchev–Trinajstić information content (AvgIpc) is 2.77. The molecular formula is C13H20N4OS. The van der Waals surface area contributed by atoms with Crippen LogP contribution in [0.15, 0.2) is 6.07 Å². The lowest BCUT2D eigenvalue weighted by molar-refractivity contribution is 0.183. The van der Waals surface area contributed by atoms with E-state index in [9.17, 15) is 5.11 Å². The third-order valence-corrected chi connectivity index (χ3v) is 4.07. The molecule has 0 spiro atoms. The Morgan fingerprint density at radius 2 is 2.26 bits per heavy atom. The lowest BCUT2D eigenvalue weighted by atomic mass is 10.2. The van der Waals surface area contributed by atoms with Gasteiger partial charge in [-0.25, -0.2) is 4.98 Å². The minimum Gasteiger partial charge on any atom is -0.393 e. The van der Waals surface area contributed by atoms with Crippen molar-refractivity contribution in [3.8, 4) is 0 Å². The van der Waals surface area contributed by atoms with Gasteiger partial charge in [0, 0.05) is 11.4 Å². The SMILES string of the molecule is CCc1cc2c(NCCCC(C)O)nc(N)nc2s1. The standard InChI is InChI=1S/C13H20N4OS/c1-3-9-7-10-11(15-6-4-5-8(2)18)16-13(14)17-12(10)19-9/h7-8,18H,3-6H2,1-2H3,(H3,14,15,16,17). The van der Waals surface area contributed by atoms with Gasteiger partial charge in [-0.05, 0) is 32.3 Å². The second-order valence-corrected chi connectivity index (χ2v) is 5.75. The molecule has 0 amide bonds. The van der Waals surface area contributed by atoms with Crippen LogP contribution in [0, 0.1) is 0 Å². The van der Waals surface area contributed by atoms with E-state index in [2.05, 4.69) is 28.3 Å². The van der Waals surface area contributed by atoms with Crippen molar-refractivity contribution in [2.75, 3.05) is 17.6 Å². The topological polar surface area (TPSA) is 84.1 Å². The Labute approximate surface area is 116 Å². The number of aromatic nitrogens is 2. The van der Waals surface area contributed by atoms with Gasteiger partial charge >= 0.3 is 0 Å². The van der Waals surface area contributed by atoms with E-state index in [0.29, 0.717) is 5.95 Å². The molecule has 19 heavy (non-hydrogen) atoms. The maximum Gasteiger partial charge on any atom is 0.223 e. The second kappa shape index (κ2) is 6.16. The molecule has 0 fully saturated rings. The molecule has 4 N–H and O–H groups in total. The first-order valence-corrected chi connectivity index (χ1v) is 7.39. The third-order valence-electron chi connectivity index (χ3n) is 2.90. The minimum absolute atomic E-state index is 0.259. The Kier molecular flexibility index (Phi) is 4.55. The lowest BCUT2D eigenvalue weighted by Gasteiger charge is -2.08. The van der Waals surface area contributed by atoms with Gasteiger partial charge in [-0.15, -0.1) is 11.3 Å². The van der Waals surface area contributed by atoms with Crippen molar-refractivity contribution >= 4 is 33.3 Å². The van der Waals surface area contributed by atoms with Gasteiger partial charge in [0.15, 0.2) is 0 Å². The van der Waals surface area contributed by atoms with Crippen molar-refractivity contribution in [2.45, 2.75) is 39.2 Å². The molecule has 0 bridgehead atoms. The Morgan fingerprint density at radius 1 is 1.47 bits per heavy atom. The van der Waals surface area contributed by atoms with Gasteiger partial charge in [0.05, 0.1) is 11.5 Å². The summed E-state index contributed by atoms with van der Waals surface area (Å²) in [6.07, 6.45) is 2.40. The van der Waals surface area contributed by atoms with Crippen molar-refractivity contribution in [3.63, 3.8) is 0 Å². The fourth-order valence-electron chi connectivity index (χ4n) is 1.90. The zero-order valence-electron chi connectivity index (χ0n) is 11.3. The summed E-state index contributed by atoms with van der Waals surface area (Å²) < 4.78 is 0. The molecule has 2 aromatic heterocycles. The smallest absolute Gasteiger partial charge is 0.223 e. The van der Waals surface area contributed by atoms with Gasteiger partial charge in [0.2, 0.25) is 5.95 Å². The summed E-state index contributed by atoms with van der Waals surface area (Å²) in [5.41, 5.74) is 5.73. The molecule has 0 aromatic carbocycles. The second-order valence-electron chi connectivity index (χ2n) is 4.63. The average molecular weight is 280 g/mol. The number of fused-ring (bicyclic) bond motifs is 1. The van der Waals surface area contributed by atoms with Crippen LogP contribution < -0.4 is 11.1 Å². The number of nitrogen functional groups attached to an aromatic ring is 1. The van der Waals surface area contributed by atoms with Crippen LogP contribution in [0.25, 0.3) is 10.2 Å². The van der Waals surface area contributed by atoms with Crippen LogP contribution in [0.5, 0.6) is 0 Å². The van der Waals surface area contributed by atoms with E-state index in [-0.39, 0.29) is 6.10 Å². The summed E-state index contributed by atoms with van der Waals surface area (Å²) >= 11 is 1.66. The quantitative estimate of drug-likeness (QED) is 0.708. The molecule has 2 aromatic rings. The number of rotatable bonds is 6. The Morgan fingerprint density at radius 3 is 2.95 bits per heavy atom. The van der Waals surface area contributed by atoms with E-state index in [4.69, 9.17) is 5.73 Å². The van der Waals surface area contributed by atoms with Crippen LogP contribution in [0.3, 0.4) is 0 Å².